The van der Waals surface area contributed by atoms with E-state index in [1.807, 2.05) is 0 Å². The van der Waals surface area contributed by atoms with Crippen LogP contribution in [0.2, 0.25) is 5.02 Å². The standard InChI is InChI=1S/C17H12ClF2N3O3/c1-9-21-16(26-23-9)11-4-2-10(3-5-11)15(24)22-12-6-7-14(13(18)8-12)25-17(19)20/h2-8,17H,1H3,(H,22,24). The zero-order chi connectivity index (χ0) is 18.7. The number of nitrogens with zero attached hydrogens (tertiary/aromatic N) is 2. The lowest BCUT2D eigenvalue weighted by Crippen LogP contribution is -2.12. The van der Waals surface area contributed by atoms with Crippen molar-refractivity contribution in [2.75, 3.05) is 5.32 Å². The van der Waals surface area contributed by atoms with Crippen LogP contribution in [0.1, 0.15) is 16.2 Å². The molecule has 0 saturated carbocycles. The highest BCUT2D eigenvalue weighted by atomic mass is 35.5. The lowest BCUT2D eigenvalue weighted by atomic mass is 10.1. The van der Waals surface area contributed by atoms with Gasteiger partial charge in [-0.2, -0.15) is 13.8 Å². The first-order chi connectivity index (χ1) is 12.4. The fraction of sp³-hybridized carbons (Fsp3) is 0.118. The van der Waals surface area contributed by atoms with Gasteiger partial charge >= 0.3 is 6.61 Å². The van der Waals surface area contributed by atoms with Gasteiger partial charge < -0.3 is 14.6 Å². The highest BCUT2D eigenvalue weighted by Crippen LogP contribution is 2.29. The molecule has 0 atom stereocenters. The highest BCUT2D eigenvalue weighted by molar-refractivity contribution is 6.32. The van der Waals surface area contributed by atoms with Crippen LogP contribution in [-0.4, -0.2) is 22.7 Å². The first-order valence-corrected chi connectivity index (χ1v) is 7.76. The molecule has 0 saturated heterocycles. The van der Waals surface area contributed by atoms with E-state index in [0.29, 0.717) is 28.5 Å². The van der Waals surface area contributed by atoms with Crippen LogP contribution in [0.15, 0.2) is 47.0 Å². The van der Waals surface area contributed by atoms with E-state index < -0.39 is 12.5 Å². The summed E-state index contributed by atoms with van der Waals surface area (Å²) in [7, 11) is 0. The molecule has 3 aromatic rings. The van der Waals surface area contributed by atoms with E-state index in [9.17, 15) is 13.6 Å². The Balaban J connectivity index is 1.71. The first kappa shape index (κ1) is 17.8. The number of benzene rings is 2. The minimum Gasteiger partial charge on any atom is -0.433 e. The summed E-state index contributed by atoms with van der Waals surface area (Å²) in [6.45, 7) is -1.27. The van der Waals surface area contributed by atoms with E-state index >= 15 is 0 Å². The second kappa shape index (κ2) is 7.49. The number of carbonyl (C=O) groups excluding carboxylic acids is 1. The maximum absolute atomic E-state index is 12.3. The Labute approximate surface area is 151 Å². The van der Waals surface area contributed by atoms with Crippen LogP contribution < -0.4 is 10.1 Å². The second-order valence-electron chi connectivity index (χ2n) is 5.20. The molecule has 6 nitrogen and oxygen atoms in total. The van der Waals surface area contributed by atoms with Crippen molar-refractivity contribution < 1.29 is 22.8 Å². The average molecular weight is 380 g/mol. The van der Waals surface area contributed by atoms with Gasteiger partial charge in [0.2, 0.25) is 0 Å². The van der Waals surface area contributed by atoms with Gasteiger partial charge in [-0.3, -0.25) is 4.79 Å². The number of aryl methyl sites for hydroxylation is 1. The molecule has 0 spiro atoms. The Bertz CT molecular complexity index is 929. The largest absolute Gasteiger partial charge is 0.433 e. The Hall–Kier alpha value is -3.00. The second-order valence-corrected chi connectivity index (χ2v) is 5.61. The van der Waals surface area contributed by atoms with Gasteiger partial charge in [-0.1, -0.05) is 16.8 Å². The van der Waals surface area contributed by atoms with Crippen LogP contribution in [0, 0.1) is 6.92 Å². The Kier molecular flexibility index (Phi) is 5.13. The van der Waals surface area contributed by atoms with Crippen LogP contribution in [0.3, 0.4) is 0 Å². The van der Waals surface area contributed by atoms with Gasteiger partial charge in [0.05, 0.1) is 5.02 Å². The molecule has 1 aromatic heterocycles. The molecular weight excluding hydrogens is 368 g/mol. The van der Waals surface area contributed by atoms with Crippen molar-refractivity contribution in [3.63, 3.8) is 0 Å². The molecule has 0 aliphatic rings. The summed E-state index contributed by atoms with van der Waals surface area (Å²) in [4.78, 5) is 16.4. The van der Waals surface area contributed by atoms with E-state index in [0.717, 1.165) is 0 Å². The monoisotopic (exact) mass is 379 g/mol. The van der Waals surface area contributed by atoms with E-state index in [1.165, 1.54) is 18.2 Å². The molecule has 1 heterocycles. The van der Waals surface area contributed by atoms with Crippen molar-refractivity contribution in [3.8, 4) is 17.2 Å². The highest BCUT2D eigenvalue weighted by Gasteiger charge is 2.12. The summed E-state index contributed by atoms with van der Waals surface area (Å²) >= 11 is 5.86. The normalized spacial score (nSPS) is 10.8. The number of halogens is 3. The van der Waals surface area contributed by atoms with Crippen molar-refractivity contribution in [2.24, 2.45) is 0 Å². The molecule has 0 unspecified atom stereocenters. The van der Waals surface area contributed by atoms with E-state index in [1.54, 1.807) is 31.2 Å². The summed E-state index contributed by atoms with van der Waals surface area (Å²) in [6.07, 6.45) is 0. The van der Waals surface area contributed by atoms with Crippen molar-refractivity contribution in [1.82, 2.24) is 10.1 Å². The molecule has 3 rings (SSSR count). The predicted octanol–water partition coefficient (Wildman–Crippen LogP) is 4.55. The summed E-state index contributed by atoms with van der Waals surface area (Å²) in [5.41, 5.74) is 1.41. The third kappa shape index (κ3) is 4.15. The smallest absolute Gasteiger partial charge is 0.387 e. The fourth-order valence-electron chi connectivity index (χ4n) is 2.15. The van der Waals surface area contributed by atoms with Crippen LogP contribution in [0.4, 0.5) is 14.5 Å². The van der Waals surface area contributed by atoms with Crippen LogP contribution in [0.5, 0.6) is 5.75 Å². The number of hydrogen-bond acceptors (Lipinski definition) is 5. The zero-order valence-electron chi connectivity index (χ0n) is 13.4. The van der Waals surface area contributed by atoms with Crippen LogP contribution in [-0.2, 0) is 0 Å². The van der Waals surface area contributed by atoms with E-state index in [-0.39, 0.29) is 10.8 Å². The lowest BCUT2D eigenvalue weighted by Gasteiger charge is -2.09. The average Bonchev–Trinajstić information content (AvgIpc) is 3.03. The number of alkyl halides is 2. The number of nitrogens with one attached hydrogen (secondary N) is 1. The minimum absolute atomic E-state index is 0.0368. The number of amides is 1. The number of carbonyl (C=O) groups is 1. The summed E-state index contributed by atoms with van der Waals surface area (Å²) in [6, 6.07) is 10.5. The maximum atomic E-state index is 12.3. The lowest BCUT2D eigenvalue weighted by molar-refractivity contribution is -0.0497. The third-order valence-corrected chi connectivity index (χ3v) is 3.62. The number of ether oxygens (including phenoxy) is 1. The SMILES string of the molecule is Cc1noc(-c2ccc(C(=O)Nc3ccc(OC(F)F)c(Cl)c3)cc2)n1. The molecule has 2 aromatic carbocycles. The molecule has 0 bridgehead atoms. The third-order valence-electron chi connectivity index (χ3n) is 3.33. The zero-order valence-corrected chi connectivity index (χ0v) is 14.1. The molecular formula is C17H12ClF2N3O3. The van der Waals surface area contributed by atoms with Crippen molar-refractivity contribution in [3.05, 3.63) is 58.9 Å². The summed E-state index contributed by atoms with van der Waals surface area (Å²) < 4.78 is 33.8. The van der Waals surface area contributed by atoms with Gasteiger partial charge in [0, 0.05) is 16.8 Å². The van der Waals surface area contributed by atoms with E-state index in [4.69, 9.17) is 16.1 Å². The van der Waals surface area contributed by atoms with Gasteiger partial charge in [0.25, 0.3) is 11.8 Å². The Morgan fingerprint density at radius 1 is 1.23 bits per heavy atom. The number of hydrogen-bond donors (Lipinski definition) is 1. The molecule has 1 amide bonds. The van der Waals surface area contributed by atoms with Crippen LogP contribution >= 0.6 is 11.6 Å². The van der Waals surface area contributed by atoms with Gasteiger partial charge in [-0.05, 0) is 49.4 Å². The van der Waals surface area contributed by atoms with E-state index in [2.05, 4.69) is 20.2 Å². The van der Waals surface area contributed by atoms with Crippen molar-refractivity contribution in [2.45, 2.75) is 13.5 Å². The minimum atomic E-state index is -2.98. The molecule has 0 fully saturated rings. The maximum Gasteiger partial charge on any atom is 0.387 e. The fourth-order valence-corrected chi connectivity index (χ4v) is 2.38. The summed E-state index contributed by atoms with van der Waals surface area (Å²) in [5.74, 6) is 0.310. The van der Waals surface area contributed by atoms with Gasteiger partial charge in [0.15, 0.2) is 5.82 Å². The number of anilines is 1. The predicted molar refractivity (Wildman–Crippen MR) is 90.5 cm³/mol. The Morgan fingerprint density at radius 2 is 1.96 bits per heavy atom. The molecule has 0 radical (unpaired) electrons. The molecule has 9 heteroatoms. The van der Waals surface area contributed by atoms with Crippen molar-refractivity contribution >= 4 is 23.2 Å². The molecule has 134 valence electrons. The molecule has 26 heavy (non-hydrogen) atoms. The van der Waals surface area contributed by atoms with Gasteiger partial charge in [0.1, 0.15) is 5.75 Å². The van der Waals surface area contributed by atoms with Crippen LogP contribution in [0.25, 0.3) is 11.5 Å². The number of aromatic nitrogens is 2. The van der Waals surface area contributed by atoms with Gasteiger partial charge in [-0.15, -0.1) is 0 Å². The number of rotatable bonds is 5. The Morgan fingerprint density at radius 3 is 2.54 bits per heavy atom. The molecule has 1 N–H and O–H groups in total. The molecule has 0 aliphatic heterocycles. The van der Waals surface area contributed by atoms with Gasteiger partial charge in [-0.25, -0.2) is 0 Å². The topological polar surface area (TPSA) is 77.2 Å². The molecule has 0 aliphatic carbocycles. The quantitative estimate of drug-likeness (QED) is 0.703. The summed E-state index contributed by atoms with van der Waals surface area (Å²) in [5, 5.41) is 6.29. The van der Waals surface area contributed by atoms with Crippen molar-refractivity contribution in [1.29, 1.82) is 0 Å². The first-order valence-electron chi connectivity index (χ1n) is 7.39.